The molecule has 0 saturated heterocycles. The standard InChI is InChI=1S/C14H15NO5S/c1-14(2,13(16)17)10-3-5-11(6-4-10)15-21(18,19)12-7-8-20-9-12/h3-9,15H,1-2H3,(H,16,17). The molecule has 0 bridgehead atoms. The van der Waals surface area contributed by atoms with Crippen LogP contribution in [0.3, 0.4) is 0 Å². The molecule has 2 N–H and O–H groups in total. The lowest BCUT2D eigenvalue weighted by molar-refractivity contribution is -0.142. The molecular formula is C14H15NO5S. The summed E-state index contributed by atoms with van der Waals surface area (Å²) in [4.78, 5) is 11.2. The third-order valence-electron chi connectivity index (χ3n) is 3.20. The molecule has 1 heterocycles. The van der Waals surface area contributed by atoms with Gasteiger partial charge in [-0.25, -0.2) is 8.42 Å². The lowest BCUT2D eigenvalue weighted by atomic mass is 9.85. The lowest BCUT2D eigenvalue weighted by Gasteiger charge is -2.19. The highest BCUT2D eigenvalue weighted by atomic mass is 32.2. The fraction of sp³-hybridized carbons (Fsp3) is 0.214. The molecule has 112 valence electrons. The van der Waals surface area contributed by atoms with Crippen LogP contribution in [0.2, 0.25) is 0 Å². The summed E-state index contributed by atoms with van der Waals surface area (Å²) in [6, 6.07) is 7.56. The highest BCUT2D eigenvalue weighted by Crippen LogP contribution is 2.25. The molecule has 0 aliphatic heterocycles. The third-order valence-corrected chi connectivity index (χ3v) is 4.56. The summed E-state index contributed by atoms with van der Waals surface area (Å²) < 4.78 is 31.1. The second-order valence-corrected chi connectivity index (χ2v) is 6.75. The van der Waals surface area contributed by atoms with Gasteiger partial charge >= 0.3 is 5.97 Å². The zero-order valence-corrected chi connectivity index (χ0v) is 12.3. The van der Waals surface area contributed by atoms with Gasteiger partial charge in [0.05, 0.1) is 11.7 Å². The van der Waals surface area contributed by atoms with E-state index in [1.165, 1.54) is 24.5 Å². The summed E-state index contributed by atoms with van der Waals surface area (Å²) >= 11 is 0. The highest BCUT2D eigenvalue weighted by Gasteiger charge is 2.29. The molecule has 0 aliphatic carbocycles. The van der Waals surface area contributed by atoms with Crippen LogP contribution in [0, 0.1) is 0 Å². The van der Waals surface area contributed by atoms with Gasteiger partial charge < -0.3 is 9.52 Å². The molecule has 6 nitrogen and oxygen atoms in total. The van der Waals surface area contributed by atoms with Crippen LogP contribution in [-0.4, -0.2) is 19.5 Å². The van der Waals surface area contributed by atoms with Crippen molar-refractivity contribution in [1.29, 1.82) is 0 Å². The molecule has 0 amide bonds. The first-order valence-electron chi connectivity index (χ1n) is 6.12. The van der Waals surface area contributed by atoms with E-state index >= 15 is 0 Å². The Morgan fingerprint density at radius 2 is 1.81 bits per heavy atom. The van der Waals surface area contributed by atoms with Gasteiger partial charge in [0.1, 0.15) is 11.2 Å². The number of anilines is 1. The highest BCUT2D eigenvalue weighted by molar-refractivity contribution is 7.92. The predicted molar refractivity (Wildman–Crippen MR) is 76.6 cm³/mol. The van der Waals surface area contributed by atoms with Crippen molar-refractivity contribution in [3.63, 3.8) is 0 Å². The van der Waals surface area contributed by atoms with Crippen molar-refractivity contribution in [1.82, 2.24) is 0 Å². The maximum atomic E-state index is 12.0. The Morgan fingerprint density at radius 3 is 2.29 bits per heavy atom. The van der Waals surface area contributed by atoms with E-state index in [1.807, 2.05) is 0 Å². The summed E-state index contributed by atoms with van der Waals surface area (Å²) in [6.07, 6.45) is 2.40. The number of hydrogen-bond donors (Lipinski definition) is 2. The Kier molecular flexibility index (Phi) is 3.78. The molecule has 0 atom stereocenters. The molecule has 2 aromatic rings. The monoisotopic (exact) mass is 309 g/mol. The first kappa shape index (κ1) is 15.1. The van der Waals surface area contributed by atoms with Gasteiger partial charge in [0.15, 0.2) is 0 Å². The maximum absolute atomic E-state index is 12.0. The van der Waals surface area contributed by atoms with Crippen LogP contribution in [0.15, 0.2) is 52.2 Å². The van der Waals surface area contributed by atoms with Gasteiger partial charge in [-0.3, -0.25) is 9.52 Å². The van der Waals surface area contributed by atoms with Gasteiger partial charge in [0.25, 0.3) is 10.0 Å². The number of sulfonamides is 1. The number of rotatable bonds is 5. The number of carboxylic acid groups (broad SMARTS) is 1. The SMILES string of the molecule is CC(C)(C(=O)O)c1ccc(NS(=O)(=O)c2ccoc2)cc1. The van der Waals surface area contributed by atoms with Crippen molar-refractivity contribution in [3.05, 3.63) is 48.4 Å². The Morgan fingerprint density at radius 1 is 1.19 bits per heavy atom. The topological polar surface area (TPSA) is 96.6 Å². The first-order chi connectivity index (χ1) is 9.73. The molecule has 0 radical (unpaired) electrons. The summed E-state index contributed by atoms with van der Waals surface area (Å²) in [6.45, 7) is 3.17. The summed E-state index contributed by atoms with van der Waals surface area (Å²) in [5.41, 5.74) is -0.107. The van der Waals surface area contributed by atoms with Crippen LogP contribution < -0.4 is 4.72 Å². The molecule has 0 unspecified atom stereocenters. The van der Waals surface area contributed by atoms with E-state index in [4.69, 9.17) is 9.52 Å². The van der Waals surface area contributed by atoms with E-state index < -0.39 is 21.4 Å². The van der Waals surface area contributed by atoms with Gasteiger partial charge in [-0.05, 0) is 37.6 Å². The zero-order chi connectivity index (χ0) is 15.7. The van der Waals surface area contributed by atoms with Crippen molar-refractivity contribution in [3.8, 4) is 0 Å². The van der Waals surface area contributed by atoms with Gasteiger partial charge in [-0.2, -0.15) is 0 Å². The fourth-order valence-corrected chi connectivity index (χ4v) is 2.68. The van der Waals surface area contributed by atoms with Gasteiger partial charge in [-0.15, -0.1) is 0 Å². The predicted octanol–water partition coefficient (Wildman–Crippen LogP) is 2.44. The molecule has 0 fully saturated rings. The maximum Gasteiger partial charge on any atom is 0.313 e. The largest absolute Gasteiger partial charge is 0.481 e. The Labute approximate surface area is 122 Å². The van der Waals surface area contributed by atoms with Gasteiger partial charge in [-0.1, -0.05) is 12.1 Å². The summed E-state index contributed by atoms with van der Waals surface area (Å²) in [5, 5.41) is 9.15. The zero-order valence-electron chi connectivity index (χ0n) is 11.5. The number of aliphatic carboxylic acids is 1. The van der Waals surface area contributed by atoms with Crippen molar-refractivity contribution in [2.75, 3.05) is 4.72 Å². The number of benzene rings is 1. The molecule has 7 heteroatoms. The average molecular weight is 309 g/mol. The number of hydrogen-bond acceptors (Lipinski definition) is 4. The molecule has 21 heavy (non-hydrogen) atoms. The van der Waals surface area contributed by atoms with E-state index in [0.29, 0.717) is 11.3 Å². The summed E-state index contributed by atoms with van der Waals surface area (Å²) in [7, 11) is -3.69. The molecule has 0 saturated carbocycles. The Hall–Kier alpha value is -2.28. The molecule has 0 spiro atoms. The first-order valence-corrected chi connectivity index (χ1v) is 7.61. The lowest BCUT2D eigenvalue weighted by Crippen LogP contribution is -2.28. The van der Waals surface area contributed by atoms with E-state index in [1.54, 1.807) is 26.0 Å². The molecule has 2 rings (SSSR count). The van der Waals surface area contributed by atoms with Crippen LogP contribution >= 0.6 is 0 Å². The van der Waals surface area contributed by atoms with Gasteiger partial charge in [0.2, 0.25) is 0 Å². The van der Waals surface area contributed by atoms with Crippen molar-refractivity contribution in [2.45, 2.75) is 24.2 Å². The third kappa shape index (κ3) is 3.08. The molecular weight excluding hydrogens is 294 g/mol. The Bertz CT molecular complexity index is 730. The second-order valence-electron chi connectivity index (χ2n) is 5.07. The molecule has 1 aromatic heterocycles. The number of furan rings is 1. The molecule has 0 aliphatic rings. The number of nitrogens with one attached hydrogen (secondary N) is 1. The average Bonchev–Trinajstić information content (AvgIpc) is 2.93. The van der Waals surface area contributed by atoms with Crippen LogP contribution in [0.1, 0.15) is 19.4 Å². The summed E-state index contributed by atoms with van der Waals surface area (Å²) in [5.74, 6) is -0.950. The van der Waals surface area contributed by atoms with Crippen LogP contribution in [0.25, 0.3) is 0 Å². The van der Waals surface area contributed by atoms with Crippen molar-refractivity contribution < 1.29 is 22.7 Å². The van der Waals surface area contributed by atoms with E-state index in [2.05, 4.69) is 4.72 Å². The number of carbonyl (C=O) groups is 1. The van der Waals surface area contributed by atoms with Crippen molar-refractivity contribution in [2.24, 2.45) is 0 Å². The van der Waals surface area contributed by atoms with Crippen LogP contribution in [-0.2, 0) is 20.2 Å². The normalized spacial score (nSPS) is 12.1. The number of carboxylic acids is 1. The smallest absolute Gasteiger partial charge is 0.313 e. The van der Waals surface area contributed by atoms with Crippen LogP contribution in [0.5, 0.6) is 0 Å². The quantitative estimate of drug-likeness (QED) is 0.884. The molecule has 1 aromatic carbocycles. The Balaban J connectivity index is 2.23. The van der Waals surface area contributed by atoms with Gasteiger partial charge in [0, 0.05) is 5.69 Å². The fourth-order valence-electron chi connectivity index (χ4n) is 1.70. The minimum absolute atomic E-state index is 0.0254. The minimum Gasteiger partial charge on any atom is -0.481 e. The second kappa shape index (κ2) is 5.25. The van der Waals surface area contributed by atoms with E-state index in [9.17, 15) is 13.2 Å². The van der Waals surface area contributed by atoms with E-state index in [0.717, 1.165) is 6.26 Å². The van der Waals surface area contributed by atoms with E-state index in [-0.39, 0.29) is 4.90 Å². The minimum atomic E-state index is -3.69. The van der Waals surface area contributed by atoms with Crippen molar-refractivity contribution >= 4 is 21.7 Å². The van der Waals surface area contributed by atoms with Crippen LogP contribution in [0.4, 0.5) is 5.69 Å².